The molecule has 0 N–H and O–H groups in total. The molecule has 32 heavy (non-hydrogen) atoms. The van der Waals surface area contributed by atoms with Crippen molar-refractivity contribution in [2.45, 2.75) is 51.0 Å². The molecule has 164 valence electrons. The quantitative estimate of drug-likeness (QED) is 0.527. The number of benzene rings is 1. The molecule has 0 atom stereocenters. The monoisotopic (exact) mass is 429 g/mol. The number of fused-ring (bicyclic) bond motifs is 2. The summed E-state index contributed by atoms with van der Waals surface area (Å²) in [5.74, 6) is -1.10. The van der Waals surface area contributed by atoms with Crippen LogP contribution < -0.4 is 4.90 Å². The lowest BCUT2D eigenvalue weighted by atomic mass is 9.91. The average molecular weight is 430 g/mol. The third-order valence-corrected chi connectivity index (χ3v) is 6.71. The van der Waals surface area contributed by atoms with Crippen LogP contribution in [0.5, 0.6) is 0 Å². The van der Waals surface area contributed by atoms with Gasteiger partial charge in [-0.2, -0.15) is 0 Å². The number of carbonyl (C=O) groups excluding carboxylic acids is 2. The van der Waals surface area contributed by atoms with Gasteiger partial charge in [0, 0.05) is 30.0 Å². The summed E-state index contributed by atoms with van der Waals surface area (Å²) in [6.45, 7) is 1.12. The summed E-state index contributed by atoms with van der Waals surface area (Å²) < 4.78 is 4.80. The molecule has 2 aromatic rings. The highest BCUT2D eigenvalue weighted by Gasteiger charge is 2.30. The zero-order valence-electron chi connectivity index (χ0n) is 18.3. The maximum absolute atomic E-state index is 12.7. The number of allylic oxidation sites excluding steroid dienone is 1. The van der Waals surface area contributed by atoms with Crippen LogP contribution in [-0.4, -0.2) is 42.1 Å². The zero-order valence-corrected chi connectivity index (χ0v) is 18.3. The third-order valence-electron chi connectivity index (χ3n) is 6.71. The molecule has 0 spiro atoms. The van der Waals surface area contributed by atoms with E-state index in [4.69, 9.17) is 9.73 Å². The van der Waals surface area contributed by atoms with Crippen molar-refractivity contribution in [1.29, 1.82) is 0 Å². The summed E-state index contributed by atoms with van der Waals surface area (Å²) in [6.07, 6.45) is 11.8. The number of anilines is 1. The standard InChI is InChI=1S/C26H27N3O3/c1-32-26(31)21-16-22(20-10-5-13-27-24(20)25(21)30)28-18-11-12-23-17(15-18)7-6-14-29(23)19-8-3-2-4-9-19/h5,10-13,15-16,19H,2-4,6-9,14H2,1H3. The summed E-state index contributed by atoms with van der Waals surface area (Å²) >= 11 is 0. The van der Waals surface area contributed by atoms with E-state index in [2.05, 4.69) is 22.0 Å². The average Bonchev–Trinajstić information content (AvgIpc) is 2.85. The first-order chi connectivity index (χ1) is 15.7. The number of methoxy groups -OCH3 is 1. The third kappa shape index (κ3) is 3.74. The van der Waals surface area contributed by atoms with E-state index in [1.54, 1.807) is 12.3 Å². The lowest BCUT2D eigenvalue weighted by Crippen LogP contribution is -2.40. The molecule has 0 radical (unpaired) electrons. The van der Waals surface area contributed by atoms with Crippen molar-refractivity contribution in [1.82, 2.24) is 4.98 Å². The van der Waals surface area contributed by atoms with Crippen molar-refractivity contribution in [2.75, 3.05) is 18.6 Å². The van der Waals surface area contributed by atoms with Gasteiger partial charge in [-0.25, -0.2) is 9.79 Å². The lowest BCUT2D eigenvalue weighted by molar-refractivity contribution is -0.135. The van der Waals surface area contributed by atoms with E-state index in [9.17, 15) is 9.59 Å². The molecule has 5 rings (SSSR count). The van der Waals surface area contributed by atoms with E-state index in [1.165, 1.54) is 56.5 Å². The molecule has 2 aliphatic carbocycles. The number of hydrogen-bond donors (Lipinski definition) is 0. The minimum absolute atomic E-state index is 0.0427. The van der Waals surface area contributed by atoms with Gasteiger partial charge in [0.25, 0.3) is 0 Å². The highest BCUT2D eigenvalue weighted by atomic mass is 16.5. The Kier molecular flexibility index (Phi) is 5.60. The van der Waals surface area contributed by atoms with Gasteiger partial charge in [-0.15, -0.1) is 0 Å². The largest absolute Gasteiger partial charge is 0.465 e. The van der Waals surface area contributed by atoms with Gasteiger partial charge in [-0.05, 0) is 67.7 Å². The Hall–Kier alpha value is -3.28. The van der Waals surface area contributed by atoms with E-state index in [0.29, 0.717) is 17.3 Å². The molecule has 0 amide bonds. The minimum atomic E-state index is -0.674. The first-order valence-electron chi connectivity index (χ1n) is 11.4. The van der Waals surface area contributed by atoms with Crippen molar-refractivity contribution in [3.8, 4) is 0 Å². The maximum atomic E-state index is 12.7. The molecule has 6 heteroatoms. The summed E-state index contributed by atoms with van der Waals surface area (Å²) in [7, 11) is 1.27. The zero-order chi connectivity index (χ0) is 22.1. The smallest absolute Gasteiger partial charge is 0.342 e. The molecule has 1 saturated carbocycles. The number of aromatic nitrogens is 1. The number of esters is 1. The van der Waals surface area contributed by atoms with Crippen LogP contribution >= 0.6 is 0 Å². The highest BCUT2D eigenvalue weighted by molar-refractivity contribution is 6.34. The van der Waals surface area contributed by atoms with Crippen LogP contribution in [0, 0.1) is 0 Å². The first-order valence-corrected chi connectivity index (χ1v) is 11.4. The van der Waals surface area contributed by atoms with Gasteiger partial charge in [0.2, 0.25) is 5.78 Å². The van der Waals surface area contributed by atoms with Crippen LogP contribution in [-0.2, 0) is 16.0 Å². The van der Waals surface area contributed by atoms with Gasteiger partial charge in [-0.3, -0.25) is 9.78 Å². The Bertz CT molecular complexity index is 1130. The topological polar surface area (TPSA) is 71.9 Å². The molecule has 0 unspecified atom stereocenters. The Morgan fingerprint density at radius 1 is 1.16 bits per heavy atom. The van der Waals surface area contributed by atoms with Gasteiger partial charge in [-0.1, -0.05) is 19.3 Å². The number of Topliss-reactive ketones (excluding diaryl/α,β-unsaturated/α-hetero) is 1. The van der Waals surface area contributed by atoms with Gasteiger partial charge in [0.05, 0.1) is 18.5 Å². The number of nitrogens with zero attached hydrogens (tertiary/aromatic N) is 3. The Morgan fingerprint density at radius 2 is 2.00 bits per heavy atom. The molecule has 1 aromatic carbocycles. The lowest BCUT2D eigenvalue weighted by Gasteiger charge is -2.40. The fourth-order valence-corrected chi connectivity index (χ4v) is 5.15. The minimum Gasteiger partial charge on any atom is -0.465 e. The predicted molar refractivity (Wildman–Crippen MR) is 124 cm³/mol. The van der Waals surface area contributed by atoms with Crippen LogP contribution in [0.15, 0.2) is 53.2 Å². The maximum Gasteiger partial charge on any atom is 0.342 e. The van der Waals surface area contributed by atoms with Crippen molar-refractivity contribution < 1.29 is 14.3 Å². The number of ketones is 1. The number of ether oxygens (including phenoxy) is 1. The van der Waals surface area contributed by atoms with Crippen molar-refractivity contribution in [2.24, 2.45) is 4.99 Å². The number of hydrogen-bond acceptors (Lipinski definition) is 6. The van der Waals surface area contributed by atoms with E-state index in [0.717, 1.165) is 25.1 Å². The fraction of sp³-hybridized carbons (Fsp3) is 0.385. The number of carbonyl (C=O) groups is 2. The molecule has 3 aliphatic rings. The molecule has 1 aromatic heterocycles. The summed E-state index contributed by atoms with van der Waals surface area (Å²) in [5, 5.41) is 0. The molecule has 0 saturated heterocycles. The van der Waals surface area contributed by atoms with Crippen molar-refractivity contribution in [3.05, 3.63) is 65.0 Å². The van der Waals surface area contributed by atoms with Gasteiger partial charge in [0.15, 0.2) is 0 Å². The summed E-state index contributed by atoms with van der Waals surface area (Å²) in [5.41, 5.74) is 4.83. The Balaban J connectivity index is 1.52. The summed E-state index contributed by atoms with van der Waals surface area (Å²) in [6, 6.07) is 10.6. The first kappa shape index (κ1) is 20.6. The SMILES string of the molecule is COC(=O)C1=CC(=Nc2ccc3c(c2)CCCN3C2CCCCC2)c2cccnc2C1=O. The van der Waals surface area contributed by atoms with Gasteiger partial charge < -0.3 is 9.64 Å². The molecular weight excluding hydrogens is 402 g/mol. The molecule has 2 heterocycles. The van der Waals surface area contributed by atoms with Crippen LogP contribution in [0.3, 0.4) is 0 Å². The molecule has 1 fully saturated rings. The van der Waals surface area contributed by atoms with Crippen LogP contribution in [0.25, 0.3) is 0 Å². The Morgan fingerprint density at radius 3 is 2.81 bits per heavy atom. The van der Waals surface area contributed by atoms with Gasteiger partial charge in [0.1, 0.15) is 11.3 Å². The van der Waals surface area contributed by atoms with E-state index >= 15 is 0 Å². The van der Waals surface area contributed by atoms with Crippen molar-refractivity contribution >= 4 is 28.8 Å². The number of aliphatic imine (C=N–C) groups is 1. The summed E-state index contributed by atoms with van der Waals surface area (Å²) in [4.78, 5) is 36.5. The predicted octanol–water partition coefficient (Wildman–Crippen LogP) is 4.58. The Labute approximate surface area is 188 Å². The molecule has 6 nitrogen and oxygen atoms in total. The van der Waals surface area contributed by atoms with Crippen molar-refractivity contribution in [3.63, 3.8) is 0 Å². The second-order valence-electron chi connectivity index (χ2n) is 8.68. The molecular formula is C26H27N3O3. The second-order valence-corrected chi connectivity index (χ2v) is 8.68. The van der Waals surface area contributed by atoms with Gasteiger partial charge >= 0.3 is 5.97 Å². The van der Waals surface area contributed by atoms with E-state index < -0.39 is 11.8 Å². The van der Waals surface area contributed by atoms with E-state index in [-0.39, 0.29) is 11.3 Å². The van der Waals surface area contributed by atoms with Crippen LogP contribution in [0.4, 0.5) is 11.4 Å². The highest BCUT2D eigenvalue weighted by Crippen LogP contribution is 2.36. The van der Waals surface area contributed by atoms with E-state index in [1.807, 2.05) is 12.1 Å². The second kappa shape index (κ2) is 8.69. The molecule has 1 aliphatic heterocycles. The number of pyridine rings is 1. The fourth-order valence-electron chi connectivity index (χ4n) is 5.15. The van der Waals surface area contributed by atoms with Crippen LogP contribution in [0.1, 0.15) is 60.1 Å². The molecule has 0 bridgehead atoms. The number of rotatable bonds is 3. The van der Waals surface area contributed by atoms with Crippen LogP contribution in [0.2, 0.25) is 0 Å². The number of aryl methyl sites for hydroxylation is 1. The normalized spacial score (nSPS) is 19.9.